The van der Waals surface area contributed by atoms with Crippen molar-refractivity contribution in [3.8, 4) is 5.75 Å². The zero-order chi connectivity index (χ0) is 21.1. The van der Waals surface area contributed by atoms with Gasteiger partial charge in [0.2, 0.25) is 16.0 Å². The average molecular weight is 428 g/mol. The maximum Gasteiger partial charge on any atom is 0.275 e. The Kier molecular flexibility index (Phi) is 5.98. The van der Waals surface area contributed by atoms with E-state index in [0.29, 0.717) is 4.96 Å². The predicted octanol–water partition coefficient (Wildman–Crippen LogP) is 2.97. The lowest BCUT2D eigenvalue weighted by molar-refractivity contribution is -0.120. The lowest BCUT2D eigenvalue weighted by Crippen LogP contribution is -2.38. The molecule has 1 N–H and O–H groups in total. The van der Waals surface area contributed by atoms with Crippen LogP contribution >= 0.6 is 11.3 Å². The summed E-state index contributed by atoms with van der Waals surface area (Å²) in [7, 11) is 1.61. The highest BCUT2D eigenvalue weighted by atomic mass is 32.1. The zero-order valence-electron chi connectivity index (χ0n) is 17.1. The van der Waals surface area contributed by atoms with Gasteiger partial charge in [-0.15, -0.1) is 5.10 Å². The van der Waals surface area contributed by atoms with Gasteiger partial charge < -0.3 is 15.0 Å². The number of carbonyl (C=O) groups excluding carboxylic acids is 1. The molecule has 0 aliphatic carbocycles. The Morgan fingerprint density at radius 1 is 1.27 bits per heavy atom. The highest BCUT2D eigenvalue weighted by Crippen LogP contribution is 2.27. The van der Waals surface area contributed by atoms with E-state index in [1.807, 2.05) is 24.3 Å². The molecule has 1 saturated heterocycles. The van der Waals surface area contributed by atoms with Crippen LogP contribution in [-0.4, -0.2) is 40.7 Å². The van der Waals surface area contributed by atoms with Crippen LogP contribution in [0.3, 0.4) is 0 Å². The first kappa shape index (κ1) is 20.3. The molecule has 8 nitrogen and oxygen atoms in total. The third-order valence-corrected chi connectivity index (χ3v) is 6.26. The van der Waals surface area contributed by atoms with Crippen molar-refractivity contribution in [2.45, 2.75) is 32.6 Å². The molecule has 30 heavy (non-hydrogen) atoms. The monoisotopic (exact) mass is 427 g/mol. The number of ether oxygens (including phenoxy) is 1. The van der Waals surface area contributed by atoms with Crippen LogP contribution < -0.4 is 20.5 Å². The van der Waals surface area contributed by atoms with Gasteiger partial charge in [-0.05, 0) is 43.5 Å². The van der Waals surface area contributed by atoms with Crippen molar-refractivity contribution in [2.24, 2.45) is 5.92 Å². The first-order valence-corrected chi connectivity index (χ1v) is 11.0. The first-order valence-electron chi connectivity index (χ1n) is 10.2. The number of amides is 1. The lowest BCUT2D eigenvalue weighted by Gasteiger charge is -2.30. The van der Waals surface area contributed by atoms with E-state index in [-0.39, 0.29) is 17.4 Å². The van der Waals surface area contributed by atoms with Gasteiger partial charge in [-0.2, -0.15) is 4.52 Å². The molecular formula is C21H25N5O3S. The number of fused-ring (bicyclic) bond motifs is 1. The molecule has 1 aliphatic rings. The molecule has 1 aromatic carbocycles. The standard InChI is InChI=1S/C21H25N5O3S/c1-3-4-16-13-18(27)26-20(23-16)30-21(24-26)25-11-9-14(10-12-25)19(28)22-15-5-7-17(29-2)8-6-15/h5-8,13-14H,3-4,9-12H2,1-2H3,(H,22,28). The van der Waals surface area contributed by atoms with Crippen LogP contribution in [0.4, 0.5) is 10.8 Å². The van der Waals surface area contributed by atoms with E-state index in [4.69, 9.17) is 4.74 Å². The van der Waals surface area contributed by atoms with Crippen molar-refractivity contribution in [3.63, 3.8) is 0 Å². The topological polar surface area (TPSA) is 88.8 Å². The third kappa shape index (κ3) is 4.30. The van der Waals surface area contributed by atoms with Crippen LogP contribution in [0.2, 0.25) is 0 Å². The number of hydrogen-bond acceptors (Lipinski definition) is 7. The van der Waals surface area contributed by atoms with E-state index >= 15 is 0 Å². The number of hydrogen-bond donors (Lipinski definition) is 1. The smallest absolute Gasteiger partial charge is 0.275 e. The number of anilines is 2. The molecular weight excluding hydrogens is 402 g/mol. The van der Waals surface area contributed by atoms with Gasteiger partial charge in [0.05, 0.1) is 7.11 Å². The number of carbonyl (C=O) groups is 1. The van der Waals surface area contributed by atoms with E-state index in [2.05, 4.69) is 27.2 Å². The van der Waals surface area contributed by atoms with Crippen molar-refractivity contribution >= 4 is 33.0 Å². The molecule has 2 aromatic heterocycles. The Morgan fingerprint density at radius 3 is 2.67 bits per heavy atom. The van der Waals surface area contributed by atoms with Gasteiger partial charge in [0.25, 0.3) is 5.56 Å². The van der Waals surface area contributed by atoms with Crippen molar-refractivity contribution < 1.29 is 9.53 Å². The average Bonchev–Trinajstić information content (AvgIpc) is 3.19. The Balaban J connectivity index is 1.39. The molecule has 0 radical (unpaired) electrons. The van der Waals surface area contributed by atoms with Crippen molar-refractivity contribution in [2.75, 3.05) is 30.4 Å². The molecule has 0 bridgehead atoms. The van der Waals surface area contributed by atoms with Gasteiger partial charge in [-0.3, -0.25) is 9.59 Å². The van der Waals surface area contributed by atoms with Crippen LogP contribution in [0, 0.1) is 5.92 Å². The maximum atomic E-state index is 12.6. The minimum absolute atomic E-state index is 0.0335. The Bertz CT molecular complexity index is 1080. The van der Waals surface area contributed by atoms with Crippen LogP contribution in [0.1, 0.15) is 31.9 Å². The highest BCUT2D eigenvalue weighted by molar-refractivity contribution is 7.20. The molecule has 3 heterocycles. The van der Waals surface area contributed by atoms with Crippen LogP contribution in [0.5, 0.6) is 5.75 Å². The van der Waals surface area contributed by atoms with Crippen molar-refractivity contribution in [1.29, 1.82) is 0 Å². The number of aryl methyl sites for hydroxylation is 1. The normalized spacial score (nSPS) is 14.8. The van der Waals surface area contributed by atoms with Gasteiger partial charge in [0, 0.05) is 36.5 Å². The van der Waals surface area contributed by atoms with E-state index in [1.165, 1.54) is 15.9 Å². The van der Waals surface area contributed by atoms with Crippen LogP contribution in [0.15, 0.2) is 35.1 Å². The van der Waals surface area contributed by atoms with Crippen molar-refractivity contribution in [1.82, 2.24) is 14.6 Å². The second-order valence-electron chi connectivity index (χ2n) is 7.39. The minimum atomic E-state index is -0.139. The molecule has 0 unspecified atom stereocenters. The molecule has 0 atom stereocenters. The first-order chi connectivity index (χ1) is 14.6. The molecule has 1 aliphatic heterocycles. The van der Waals surface area contributed by atoms with Crippen molar-refractivity contribution in [3.05, 3.63) is 46.4 Å². The minimum Gasteiger partial charge on any atom is -0.497 e. The summed E-state index contributed by atoms with van der Waals surface area (Å²) in [5, 5.41) is 8.23. The number of aromatic nitrogens is 3. The summed E-state index contributed by atoms with van der Waals surface area (Å²) < 4.78 is 6.52. The molecule has 1 amide bonds. The number of rotatable bonds is 6. The van der Waals surface area contributed by atoms with Crippen LogP contribution in [-0.2, 0) is 11.2 Å². The van der Waals surface area contributed by atoms with Gasteiger partial charge in [0.15, 0.2) is 0 Å². The van der Waals surface area contributed by atoms with Gasteiger partial charge in [-0.25, -0.2) is 4.98 Å². The van der Waals surface area contributed by atoms with E-state index < -0.39 is 0 Å². The summed E-state index contributed by atoms with van der Waals surface area (Å²) in [5.41, 5.74) is 1.44. The summed E-state index contributed by atoms with van der Waals surface area (Å²) in [6.45, 7) is 3.50. The maximum absolute atomic E-state index is 12.6. The number of nitrogens with zero attached hydrogens (tertiary/aromatic N) is 4. The fourth-order valence-corrected chi connectivity index (χ4v) is 4.59. The summed E-state index contributed by atoms with van der Waals surface area (Å²) in [4.78, 5) is 32.3. The summed E-state index contributed by atoms with van der Waals surface area (Å²) >= 11 is 1.43. The third-order valence-electron chi connectivity index (χ3n) is 5.29. The fraction of sp³-hybridized carbons (Fsp3) is 0.429. The molecule has 0 saturated carbocycles. The highest BCUT2D eigenvalue weighted by Gasteiger charge is 2.27. The van der Waals surface area contributed by atoms with Gasteiger partial charge in [-0.1, -0.05) is 24.7 Å². The molecule has 9 heteroatoms. The second kappa shape index (κ2) is 8.83. The zero-order valence-corrected chi connectivity index (χ0v) is 17.9. The molecule has 0 spiro atoms. The number of piperidine rings is 1. The van der Waals surface area contributed by atoms with E-state index in [0.717, 1.165) is 61.0 Å². The quantitative estimate of drug-likeness (QED) is 0.651. The van der Waals surface area contributed by atoms with Crippen LogP contribution in [0.25, 0.3) is 4.96 Å². The summed E-state index contributed by atoms with van der Waals surface area (Å²) in [6.07, 6.45) is 3.21. The van der Waals surface area contributed by atoms with E-state index in [1.54, 1.807) is 13.2 Å². The fourth-order valence-electron chi connectivity index (χ4n) is 3.61. The lowest BCUT2D eigenvalue weighted by atomic mass is 9.96. The molecule has 3 aromatic rings. The Labute approximate surface area is 178 Å². The number of methoxy groups -OCH3 is 1. The number of benzene rings is 1. The summed E-state index contributed by atoms with van der Waals surface area (Å²) in [5.74, 6) is 0.744. The SMILES string of the molecule is CCCc1cc(=O)n2nc(N3CCC(C(=O)Nc4ccc(OC)cc4)CC3)sc2n1. The molecule has 158 valence electrons. The Morgan fingerprint density at radius 2 is 2.00 bits per heavy atom. The molecule has 4 rings (SSSR count). The Hall–Kier alpha value is -2.94. The van der Waals surface area contributed by atoms with Gasteiger partial charge >= 0.3 is 0 Å². The van der Waals surface area contributed by atoms with Gasteiger partial charge in [0.1, 0.15) is 5.75 Å². The second-order valence-corrected chi connectivity index (χ2v) is 8.33. The number of nitrogens with one attached hydrogen (secondary N) is 1. The van der Waals surface area contributed by atoms with E-state index in [9.17, 15) is 9.59 Å². The summed E-state index contributed by atoms with van der Waals surface area (Å²) in [6, 6.07) is 8.89. The largest absolute Gasteiger partial charge is 0.497 e. The molecule has 1 fully saturated rings. The predicted molar refractivity (Wildman–Crippen MR) is 118 cm³/mol.